The van der Waals surface area contributed by atoms with Crippen LogP contribution in [0.25, 0.3) is 0 Å². The Kier molecular flexibility index (Phi) is 3.13. The van der Waals surface area contributed by atoms with Gasteiger partial charge in [-0.15, -0.1) is 0 Å². The van der Waals surface area contributed by atoms with Gasteiger partial charge >= 0.3 is 0 Å². The number of likely N-dealkylation sites (tertiary alicyclic amines) is 1. The smallest absolute Gasteiger partial charge is 0.00980 e. The highest BCUT2D eigenvalue weighted by molar-refractivity contribution is 4.88. The van der Waals surface area contributed by atoms with E-state index in [4.69, 9.17) is 5.73 Å². The van der Waals surface area contributed by atoms with Gasteiger partial charge in [-0.25, -0.2) is 0 Å². The molecule has 1 saturated carbocycles. The Morgan fingerprint density at radius 1 is 1.29 bits per heavy atom. The molecular weight excluding hydrogens is 172 g/mol. The molecule has 1 aliphatic heterocycles. The molecule has 82 valence electrons. The topological polar surface area (TPSA) is 29.3 Å². The van der Waals surface area contributed by atoms with Crippen molar-refractivity contribution in [2.24, 2.45) is 17.6 Å². The lowest BCUT2D eigenvalue weighted by molar-refractivity contribution is 0.229. The first-order valence-corrected chi connectivity index (χ1v) is 6.16. The maximum atomic E-state index is 5.96. The van der Waals surface area contributed by atoms with Crippen LogP contribution >= 0.6 is 0 Å². The molecule has 1 aliphatic carbocycles. The van der Waals surface area contributed by atoms with Crippen LogP contribution < -0.4 is 5.73 Å². The number of hydrogen-bond acceptors (Lipinski definition) is 2. The van der Waals surface area contributed by atoms with Crippen molar-refractivity contribution in [2.75, 3.05) is 13.1 Å². The summed E-state index contributed by atoms with van der Waals surface area (Å²) in [5.41, 5.74) is 5.96. The Hall–Kier alpha value is -0.0800. The van der Waals surface area contributed by atoms with Crippen molar-refractivity contribution >= 4 is 0 Å². The fraction of sp³-hybridized carbons (Fsp3) is 1.00. The van der Waals surface area contributed by atoms with E-state index in [1.807, 2.05) is 0 Å². The molecule has 0 aromatic carbocycles. The van der Waals surface area contributed by atoms with Crippen molar-refractivity contribution in [1.82, 2.24) is 4.90 Å². The van der Waals surface area contributed by atoms with Gasteiger partial charge in [-0.05, 0) is 51.0 Å². The summed E-state index contributed by atoms with van der Waals surface area (Å²) in [6, 6.07) is 1.27. The van der Waals surface area contributed by atoms with E-state index in [0.29, 0.717) is 6.04 Å². The van der Waals surface area contributed by atoms with Gasteiger partial charge in [-0.2, -0.15) is 0 Å². The van der Waals surface area contributed by atoms with Gasteiger partial charge in [0.25, 0.3) is 0 Å². The first-order valence-electron chi connectivity index (χ1n) is 6.16. The molecule has 1 heterocycles. The Labute approximate surface area is 87.8 Å². The summed E-state index contributed by atoms with van der Waals surface area (Å²) in [7, 11) is 0. The van der Waals surface area contributed by atoms with E-state index in [2.05, 4.69) is 18.7 Å². The first kappa shape index (κ1) is 10.4. The van der Waals surface area contributed by atoms with Crippen LogP contribution in [-0.4, -0.2) is 30.1 Å². The third kappa shape index (κ3) is 2.12. The van der Waals surface area contributed by atoms with Crippen molar-refractivity contribution in [3.8, 4) is 0 Å². The first-order chi connectivity index (χ1) is 6.66. The van der Waals surface area contributed by atoms with Gasteiger partial charge in [-0.3, -0.25) is 0 Å². The Morgan fingerprint density at radius 3 is 2.57 bits per heavy atom. The molecule has 2 fully saturated rings. The minimum atomic E-state index is 0.388. The van der Waals surface area contributed by atoms with Gasteiger partial charge in [0.05, 0.1) is 0 Å². The lowest BCUT2D eigenvalue weighted by atomic mass is 10.0. The van der Waals surface area contributed by atoms with Crippen molar-refractivity contribution in [2.45, 2.75) is 51.6 Å². The monoisotopic (exact) mass is 196 g/mol. The molecule has 14 heavy (non-hydrogen) atoms. The Bertz CT molecular complexity index is 191. The third-order valence-electron chi connectivity index (χ3n) is 4.18. The van der Waals surface area contributed by atoms with E-state index in [1.54, 1.807) is 0 Å². The number of rotatable bonds is 2. The van der Waals surface area contributed by atoms with Gasteiger partial charge in [0.2, 0.25) is 0 Å². The van der Waals surface area contributed by atoms with Crippen LogP contribution in [0.5, 0.6) is 0 Å². The lowest BCUT2D eigenvalue weighted by Gasteiger charge is -2.24. The fourth-order valence-corrected chi connectivity index (χ4v) is 3.08. The van der Waals surface area contributed by atoms with E-state index >= 15 is 0 Å². The quantitative estimate of drug-likeness (QED) is 0.730. The summed E-state index contributed by atoms with van der Waals surface area (Å²) in [5, 5.41) is 0. The van der Waals surface area contributed by atoms with Crippen LogP contribution in [-0.2, 0) is 0 Å². The van der Waals surface area contributed by atoms with Crippen molar-refractivity contribution < 1.29 is 0 Å². The summed E-state index contributed by atoms with van der Waals surface area (Å²) in [5.74, 6) is 1.71. The fourth-order valence-electron chi connectivity index (χ4n) is 3.08. The second-order valence-electron chi connectivity index (χ2n) is 5.47. The standard InChI is InChI=1S/C12H24N2/c1-9-3-4-12(7-9)14-6-5-11(8-14)10(2)13/h9-12H,3-8,13H2,1-2H3. The molecule has 0 aromatic rings. The SMILES string of the molecule is CC1CCC(N2CCC(C(C)N)C2)C1. The van der Waals surface area contributed by atoms with E-state index < -0.39 is 0 Å². The average Bonchev–Trinajstić information content (AvgIpc) is 2.70. The molecule has 2 nitrogen and oxygen atoms in total. The van der Waals surface area contributed by atoms with Crippen LogP contribution in [0, 0.1) is 11.8 Å². The molecule has 0 amide bonds. The molecule has 0 aromatic heterocycles. The molecule has 2 N–H and O–H groups in total. The van der Waals surface area contributed by atoms with Crippen molar-refractivity contribution in [1.29, 1.82) is 0 Å². The second kappa shape index (κ2) is 4.19. The van der Waals surface area contributed by atoms with E-state index in [1.165, 1.54) is 38.8 Å². The molecule has 0 spiro atoms. The molecule has 0 bridgehead atoms. The van der Waals surface area contributed by atoms with Crippen LogP contribution in [0.2, 0.25) is 0 Å². The number of nitrogens with zero attached hydrogens (tertiary/aromatic N) is 1. The second-order valence-corrected chi connectivity index (χ2v) is 5.47. The summed E-state index contributed by atoms with van der Waals surface area (Å²) < 4.78 is 0. The molecule has 2 rings (SSSR count). The summed E-state index contributed by atoms with van der Waals surface area (Å²) in [6.07, 6.45) is 5.60. The van der Waals surface area contributed by atoms with Crippen LogP contribution in [0.1, 0.15) is 39.5 Å². The van der Waals surface area contributed by atoms with E-state index in [-0.39, 0.29) is 0 Å². The van der Waals surface area contributed by atoms with Gasteiger partial charge < -0.3 is 10.6 Å². The van der Waals surface area contributed by atoms with Crippen molar-refractivity contribution in [3.05, 3.63) is 0 Å². The van der Waals surface area contributed by atoms with Crippen molar-refractivity contribution in [3.63, 3.8) is 0 Å². The third-order valence-corrected chi connectivity index (χ3v) is 4.18. The normalized spacial score (nSPS) is 41.8. The average molecular weight is 196 g/mol. The summed E-state index contributed by atoms with van der Waals surface area (Å²) in [6.45, 7) is 7.10. The highest BCUT2D eigenvalue weighted by Crippen LogP contribution is 2.32. The zero-order valence-electron chi connectivity index (χ0n) is 9.58. The minimum Gasteiger partial charge on any atom is -0.328 e. The lowest BCUT2D eigenvalue weighted by Crippen LogP contribution is -2.34. The van der Waals surface area contributed by atoms with E-state index in [0.717, 1.165) is 17.9 Å². The number of nitrogens with two attached hydrogens (primary N) is 1. The number of hydrogen-bond donors (Lipinski definition) is 1. The molecule has 4 atom stereocenters. The summed E-state index contributed by atoms with van der Waals surface area (Å²) >= 11 is 0. The molecular formula is C12H24N2. The van der Waals surface area contributed by atoms with Gasteiger partial charge in [0.1, 0.15) is 0 Å². The zero-order chi connectivity index (χ0) is 10.1. The molecule has 1 saturated heterocycles. The minimum absolute atomic E-state index is 0.388. The predicted molar refractivity (Wildman–Crippen MR) is 60.1 cm³/mol. The molecule has 2 heteroatoms. The highest BCUT2D eigenvalue weighted by Gasteiger charge is 2.33. The van der Waals surface area contributed by atoms with Gasteiger partial charge in [-0.1, -0.05) is 6.92 Å². The van der Waals surface area contributed by atoms with Crippen LogP contribution in [0.15, 0.2) is 0 Å². The largest absolute Gasteiger partial charge is 0.328 e. The maximum absolute atomic E-state index is 5.96. The maximum Gasteiger partial charge on any atom is 0.00980 e. The van der Waals surface area contributed by atoms with Gasteiger partial charge in [0.15, 0.2) is 0 Å². The van der Waals surface area contributed by atoms with E-state index in [9.17, 15) is 0 Å². The molecule has 4 unspecified atom stereocenters. The van der Waals surface area contributed by atoms with Gasteiger partial charge in [0, 0.05) is 18.6 Å². The predicted octanol–water partition coefficient (Wildman–Crippen LogP) is 1.84. The Balaban J connectivity index is 1.83. The summed E-state index contributed by atoms with van der Waals surface area (Å²) in [4.78, 5) is 2.69. The zero-order valence-corrected chi connectivity index (χ0v) is 9.58. The Morgan fingerprint density at radius 2 is 2.07 bits per heavy atom. The highest BCUT2D eigenvalue weighted by atomic mass is 15.2. The van der Waals surface area contributed by atoms with Crippen LogP contribution in [0.4, 0.5) is 0 Å². The molecule has 0 radical (unpaired) electrons. The van der Waals surface area contributed by atoms with Crippen LogP contribution in [0.3, 0.4) is 0 Å². The molecule has 2 aliphatic rings.